The molecule has 2 rings (SSSR count). The van der Waals surface area contributed by atoms with Gasteiger partial charge in [-0.1, -0.05) is 6.92 Å². The molecule has 0 fully saturated rings. The van der Waals surface area contributed by atoms with Crippen molar-refractivity contribution in [2.45, 2.75) is 18.7 Å². The summed E-state index contributed by atoms with van der Waals surface area (Å²) in [5, 5.41) is 0. The van der Waals surface area contributed by atoms with Crippen LogP contribution in [0, 0.1) is 11.6 Å². The van der Waals surface area contributed by atoms with E-state index in [0.717, 1.165) is 22.8 Å². The minimum atomic E-state index is -0.893. The van der Waals surface area contributed by atoms with Gasteiger partial charge in [0.05, 0.1) is 0 Å². The van der Waals surface area contributed by atoms with E-state index in [1.165, 1.54) is 13.0 Å². The van der Waals surface area contributed by atoms with Crippen molar-refractivity contribution < 1.29 is 18.3 Å². The lowest BCUT2D eigenvalue weighted by Crippen LogP contribution is -2.24. The Morgan fingerprint density at radius 1 is 1.19 bits per heavy atom. The SMILES string of the molecule is CCSc1ccc(Oc2c(F)cc(/C=C(\C)C(=O)N=C(N)N)cc2F)cc1. The molecule has 0 saturated carbocycles. The summed E-state index contributed by atoms with van der Waals surface area (Å²) in [6.07, 6.45) is 1.28. The summed E-state index contributed by atoms with van der Waals surface area (Å²) < 4.78 is 33.9. The van der Waals surface area contributed by atoms with Gasteiger partial charge in [0, 0.05) is 10.5 Å². The Kier molecular flexibility index (Phi) is 6.95. The highest BCUT2D eigenvalue weighted by Gasteiger charge is 2.14. The molecule has 0 unspecified atom stereocenters. The first kappa shape index (κ1) is 20.4. The number of ether oxygens (including phenoxy) is 1. The van der Waals surface area contributed by atoms with E-state index in [0.29, 0.717) is 5.75 Å². The normalized spacial score (nSPS) is 11.2. The third-order valence-corrected chi connectivity index (χ3v) is 4.22. The molecule has 0 saturated heterocycles. The van der Waals surface area contributed by atoms with Crippen molar-refractivity contribution in [3.8, 4) is 11.5 Å². The molecule has 5 nitrogen and oxygen atoms in total. The molecule has 142 valence electrons. The number of carbonyl (C=O) groups excluding carboxylic acids is 1. The predicted octanol–water partition coefficient (Wildman–Crippen LogP) is 4.07. The van der Waals surface area contributed by atoms with Crippen molar-refractivity contribution in [1.29, 1.82) is 0 Å². The Balaban J connectivity index is 2.23. The highest BCUT2D eigenvalue weighted by Crippen LogP contribution is 2.30. The maximum atomic E-state index is 14.3. The van der Waals surface area contributed by atoms with Crippen LogP contribution >= 0.6 is 11.8 Å². The standard InChI is InChI=1S/C19H19F2N3O2S/c1-3-27-14-6-4-13(5-7-14)26-17-15(20)9-12(10-16(17)21)8-11(2)18(25)24-19(22)23/h4-10H,3H2,1-2H3,(H4,22,23,24,25)/b11-8+. The number of rotatable bonds is 6. The maximum Gasteiger partial charge on any atom is 0.275 e. The molecule has 0 atom stereocenters. The van der Waals surface area contributed by atoms with Crippen molar-refractivity contribution in [3.63, 3.8) is 0 Å². The van der Waals surface area contributed by atoms with Crippen LogP contribution < -0.4 is 16.2 Å². The molecular weight excluding hydrogens is 372 g/mol. The highest BCUT2D eigenvalue weighted by atomic mass is 32.2. The second-order valence-electron chi connectivity index (χ2n) is 5.49. The van der Waals surface area contributed by atoms with Crippen LogP contribution in [0.4, 0.5) is 8.78 Å². The van der Waals surface area contributed by atoms with Gasteiger partial charge in [-0.25, -0.2) is 8.78 Å². The Morgan fingerprint density at radius 3 is 2.30 bits per heavy atom. The number of nitrogens with two attached hydrogens (primary N) is 2. The van der Waals surface area contributed by atoms with Gasteiger partial charge in [0.1, 0.15) is 5.75 Å². The molecule has 0 aromatic heterocycles. The molecule has 0 heterocycles. The van der Waals surface area contributed by atoms with Crippen molar-refractivity contribution in [3.05, 3.63) is 59.2 Å². The minimum Gasteiger partial charge on any atom is -0.451 e. The minimum absolute atomic E-state index is 0.125. The van der Waals surface area contributed by atoms with E-state index in [1.54, 1.807) is 23.9 Å². The average molecular weight is 391 g/mol. The number of carbonyl (C=O) groups is 1. The number of halogens is 2. The zero-order chi connectivity index (χ0) is 20.0. The van der Waals surface area contributed by atoms with Crippen LogP contribution in [0.15, 0.2) is 51.9 Å². The molecule has 2 aromatic carbocycles. The number of hydrogen-bond donors (Lipinski definition) is 2. The van der Waals surface area contributed by atoms with Crippen molar-refractivity contribution in [2.24, 2.45) is 16.5 Å². The first-order chi connectivity index (χ1) is 12.8. The summed E-state index contributed by atoms with van der Waals surface area (Å²) in [4.78, 5) is 16.1. The molecule has 0 aliphatic carbocycles. The summed E-state index contributed by atoms with van der Waals surface area (Å²) in [6.45, 7) is 3.47. The largest absolute Gasteiger partial charge is 0.451 e. The van der Waals surface area contributed by atoms with E-state index >= 15 is 0 Å². The van der Waals surface area contributed by atoms with Crippen LogP contribution in [0.5, 0.6) is 11.5 Å². The molecule has 27 heavy (non-hydrogen) atoms. The Hall–Kier alpha value is -2.87. The number of hydrogen-bond acceptors (Lipinski definition) is 3. The smallest absolute Gasteiger partial charge is 0.275 e. The van der Waals surface area contributed by atoms with Crippen molar-refractivity contribution >= 4 is 29.7 Å². The molecule has 4 N–H and O–H groups in total. The van der Waals surface area contributed by atoms with Crippen LogP contribution in [0.25, 0.3) is 6.08 Å². The van der Waals surface area contributed by atoms with Gasteiger partial charge in [-0.15, -0.1) is 11.8 Å². The van der Waals surface area contributed by atoms with Gasteiger partial charge >= 0.3 is 0 Å². The first-order valence-corrected chi connectivity index (χ1v) is 9.00. The quantitative estimate of drug-likeness (QED) is 0.335. The number of guanidine groups is 1. The molecule has 0 bridgehead atoms. The van der Waals surface area contributed by atoms with Gasteiger partial charge in [0.25, 0.3) is 5.91 Å². The number of benzene rings is 2. The van der Waals surface area contributed by atoms with Crippen molar-refractivity contribution in [2.75, 3.05) is 5.75 Å². The predicted molar refractivity (Wildman–Crippen MR) is 104 cm³/mol. The second kappa shape index (κ2) is 9.18. The van der Waals surface area contributed by atoms with E-state index in [-0.39, 0.29) is 11.1 Å². The van der Waals surface area contributed by atoms with E-state index in [1.807, 2.05) is 19.1 Å². The molecule has 8 heteroatoms. The van der Waals surface area contributed by atoms with E-state index in [9.17, 15) is 13.6 Å². The lowest BCUT2D eigenvalue weighted by Gasteiger charge is -2.09. The number of nitrogens with zero attached hydrogens (tertiary/aromatic N) is 1. The van der Waals surface area contributed by atoms with Crippen LogP contribution in [-0.4, -0.2) is 17.6 Å². The summed E-state index contributed by atoms with van der Waals surface area (Å²) in [6, 6.07) is 9.04. The van der Waals surface area contributed by atoms with Crippen LogP contribution in [0.2, 0.25) is 0 Å². The summed E-state index contributed by atoms with van der Waals surface area (Å²) >= 11 is 1.65. The fourth-order valence-corrected chi connectivity index (χ4v) is 2.83. The Bertz CT molecular complexity index is 869. The summed E-state index contributed by atoms with van der Waals surface area (Å²) in [7, 11) is 0. The van der Waals surface area contributed by atoms with E-state index in [2.05, 4.69) is 4.99 Å². The molecule has 2 aromatic rings. The zero-order valence-corrected chi connectivity index (χ0v) is 15.6. The van der Waals surface area contributed by atoms with Crippen molar-refractivity contribution in [1.82, 2.24) is 0 Å². The Morgan fingerprint density at radius 2 is 1.78 bits per heavy atom. The van der Waals surface area contributed by atoms with Gasteiger partial charge in [0.2, 0.25) is 0 Å². The van der Waals surface area contributed by atoms with Crippen LogP contribution in [0.3, 0.4) is 0 Å². The molecular formula is C19H19F2N3O2S. The third-order valence-electron chi connectivity index (χ3n) is 3.33. The summed E-state index contributed by atoms with van der Waals surface area (Å²) in [5.74, 6) is -2.15. The second-order valence-corrected chi connectivity index (χ2v) is 6.83. The number of aliphatic imine (C=N–C) groups is 1. The highest BCUT2D eigenvalue weighted by molar-refractivity contribution is 7.99. The summed E-state index contributed by atoms with van der Waals surface area (Å²) in [5.41, 5.74) is 10.5. The van der Waals surface area contributed by atoms with Crippen LogP contribution in [-0.2, 0) is 4.79 Å². The van der Waals surface area contributed by atoms with Gasteiger partial charge in [-0.2, -0.15) is 4.99 Å². The average Bonchev–Trinajstić information content (AvgIpc) is 2.59. The van der Waals surface area contributed by atoms with E-state index in [4.69, 9.17) is 16.2 Å². The molecule has 0 spiro atoms. The fraction of sp³-hybridized carbons (Fsp3) is 0.158. The maximum absolute atomic E-state index is 14.3. The van der Waals surface area contributed by atoms with Gasteiger partial charge in [-0.05, 0) is 60.7 Å². The van der Waals surface area contributed by atoms with Gasteiger partial charge < -0.3 is 16.2 Å². The number of amides is 1. The zero-order valence-electron chi connectivity index (χ0n) is 14.8. The monoisotopic (exact) mass is 391 g/mol. The molecule has 0 aliphatic rings. The molecule has 0 aliphatic heterocycles. The lowest BCUT2D eigenvalue weighted by molar-refractivity contribution is -0.114. The van der Waals surface area contributed by atoms with Crippen LogP contribution in [0.1, 0.15) is 19.4 Å². The van der Waals surface area contributed by atoms with E-state index < -0.39 is 29.3 Å². The number of thioether (sulfide) groups is 1. The molecule has 0 radical (unpaired) electrons. The fourth-order valence-electron chi connectivity index (χ4n) is 2.17. The molecule has 1 amide bonds. The lowest BCUT2D eigenvalue weighted by atomic mass is 10.1. The Labute approximate surface area is 160 Å². The van der Waals surface area contributed by atoms with Gasteiger partial charge in [-0.3, -0.25) is 4.79 Å². The third kappa shape index (κ3) is 5.82. The first-order valence-electron chi connectivity index (χ1n) is 8.02. The topological polar surface area (TPSA) is 90.7 Å². The van der Waals surface area contributed by atoms with Gasteiger partial charge in [0.15, 0.2) is 23.3 Å².